The van der Waals surface area contributed by atoms with Crippen molar-refractivity contribution in [1.29, 1.82) is 5.26 Å². The van der Waals surface area contributed by atoms with E-state index in [0.29, 0.717) is 31.7 Å². The Kier molecular flexibility index (Phi) is 9.25. The number of rotatable bonds is 5. The fraction of sp³-hybridized carbons (Fsp3) is 0.522. The zero-order valence-corrected chi connectivity index (χ0v) is 19.5. The Morgan fingerprint density at radius 1 is 1.25 bits per heavy atom. The molecule has 0 bridgehead atoms. The van der Waals surface area contributed by atoms with Crippen LogP contribution in [-0.4, -0.2) is 81.4 Å². The minimum absolute atomic E-state index is 0.139. The molecule has 2 saturated heterocycles. The molecule has 36 heavy (non-hydrogen) atoms. The number of carboxylic acids is 2. The number of aromatic nitrogens is 1. The number of hydrogen-bond acceptors (Lipinski definition) is 7. The average Bonchev–Trinajstić information content (AvgIpc) is 3.26. The first-order valence-electron chi connectivity index (χ1n) is 11.0. The van der Waals surface area contributed by atoms with E-state index in [9.17, 15) is 28.0 Å². The molecule has 0 unspecified atom stereocenters. The van der Waals surface area contributed by atoms with Gasteiger partial charge in [-0.1, -0.05) is 5.92 Å². The third kappa shape index (κ3) is 7.33. The Morgan fingerprint density at radius 2 is 1.83 bits per heavy atom. The zero-order chi connectivity index (χ0) is 27.1. The highest BCUT2D eigenvalue weighted by Gasteiger charge is 2.39. The van der Waals surface area contributed by atoms with Gasteiger partial charge in [0.1, 0.15) is 11.9 Å². The number of aliphatic carboxylic acids is 1. The van der Waals surface area contributed by atoms with Gasteiger partial charge in [0.05, 0.1) is 24.2 Å². The van der Waals surface area contributed by atoms with Gasteiger partial charge in [0.25, 0.3) is 0 Å². The van der Waals surface area contributed by atoms with Gasteiger partial charge in [0.2, 0.25) is 5.91 Å². The Hall–Kier alpha value is -3.84. The molecule has 13 heteroatoms. The van der Waals surface area contributed by atoms with Gasteiger partial charge >= 0.3 is 18.1 Å². The molecule has 2 atom stereocenters. The molecule has 3 N–H and O–H groups in total. The summed E-state index contributed by atoms with van der Waals surface area (Å²) in [6, 6.07) is 4.47. The molecule has 0 aliphatic carbocycles. The number of nitriles is 1. The van der Waals surface area contributed by atoms with Gasteiger partial charge in [-0.15, -0.1) is 6.42 Å². The van der Waals surface area contributed by atoms with Crippen molar-refractivity contribution in [2.75, 3.05) is 24.5 Å². The number of piperidine rings is 1. The molecule has 2 aliphatic rings. The number of aromatic carboxylic acids is 1. The first-order chi connectivity index (χ1) is 16.8. The molecule has 0 spiro atoms. The normalized spacial score (nSPS) is 20.9. The second kappa shape index (κ2) is 11.7. The van der Waals surface area contributed by atoms with Crippen LogP contribution in [-0.2, 0) is 9.59 Å². The van der Waals surface area contributed by atoms with Crippen LogP contribution in [0.15, 0.2) is 18.3 Å². The van der Waals surface area contributed by atoms with E-state index in [1.165, 1.54) is 17.2 Å². The van der Waals surface area contributed by atoms with Crippen LogP contribution in [0.25, 0.3) is 0 Å². The van der Waals surface area contributed by atoms with E-state index in [0.717, 1.165) is 12.8 Å². The van der Waals surface area contributed by atoms with Gasteiger partial charge in [-0.2, -0.15) is 18.4 Å². The van der Waals surface area contributed by atoms with Crippen molar-refractivity contribution >= 4 is 23.7 Å². The number of hydrogen-bond donors (Lipinski definition) is 3. The first-order valence-corrected chi connectivity index (χ1v) is 11.0. The average molecular weight is 509 g/mol. The second-order valence-electron chi connectivity index (χ2n) is 8.62. The van der Waals surface area contributed by atoms with Crippen LogP contribution >= 0.6 is 0 Å². The van der Waals surface area contributed by atoms with Crippen LogP contribution in [0, 0.1) is 23.7 Å². The van der Waals surface area contributed by atoms with E-state index in [4.69, 9.17) is 21.4 Å². The Morgan fingerprint density at radius 3 is 2.33 bits per heavy atom. The summed E-state index contributed by atoms with van der Waals surface area (Å²) in [5.74, 6) is -0.612. The lowest BCUT2D eigenvalue weighted by Gasteiger charge is -2.41. The number of anilines is 1. The van der Waals surface area contributed by atoms with Crippen molar-refractivity contribution < 1.29 is 37.8 Å². The van der Waals surface area contributed by atoms with E-state index >= 15 is 0 Å². The monoisotopic (exact) mass is 509 g/mol. The molecule has 2 fully saturated rings. The number of nitrogens with one attached hydrogen (secondary N) is 1. The molecular weight excluding hydrogens is 483 g/mol. The van der Waals surface area contributed by atoms with E-state index in [2.05, 4.69) is 34.1 Å². The number of alkyl halides is 3. The molecule has 10 nitrogen and oxygen atoms in total. The number of likely N-dealkylation sites (tertiary alicyclic amines) is 1. The first kappa shape index (κ1) is 28.4. The summed E-state index contributed by atoms with van der Waals surface area (Å²) in [7, 11) is 0. The van der Waals surface area contributed by atoms with Crippen molar-refractivity contribution in [3.8, 4) is 18.4 Å². The SMILES string of the molecule is C#C[C@H]1CC[C@@H](C#N)N1C(=O)CNC1(C)CCN(c2cc(C(=O)O)ccn2)CC1.O=C(O)C(F)(F)F. The summed E-state index contributed by atoms with van der Waals surface area (Å²) in [5, 5.41) is 28.9. The standard InChI is InChI=1S/C21H25N5O3.C2HF3O2/c1-3-16-4-5-17(13-22)26(16)19(27)14-24-21(2)7-10-25(11-8-21)18-12-15(20(28)29)6-9-23-18;3-2(4,5)1(6)7/h1,6,9,12,16-17,24H,4-5,7-8,10-11,14H2,2H3,(H,28,29);(H,6,7)/t16-,17-;/m0./s1. The third-order valence-corrected chi connectivity index (χ3v) is 6.11. The quantitative estimate of drug-likeness (QED) is 0.506. The molecule has 0 radical (unpaired) electrons. The van der Waals surface area contributed by atoms with Crippen LogP contribution in [0.2, 0.25) is 0 Å². The number of pyridine rings is 1. The van der Waals surface area contributed by atoms with Crippen LogP contribution in [0.1, 0.15) is 43.0 Å². The zero-order valence-electron chi connectivity index (χ0n) is 19.5. The van der Waals surface area contributed by atoms with Crippen molar-refractivity contribution in [3.63, 3.8) is 0 Å². The predicted octanol–water partition coefficient (Wildman–Crippen LogP) is 1.88. The van der Waals surface area contributed by atoms with Crippen molar-refractivity contribution in [2.24, 2.45) is 0 Å². The maximum Gasteiger partial charge on any atom is 0.490 e. The fourth-order valence-corrected chi connectivity index (χ4v) is 3.96. The van der Waals surface area contributed by atoms with E-state index in [1.807, 2.05) is 0 Å². The maximum atomic E-state index is 12.7. The number of nitrogens with zero attached hydrogens (tertiary/aromatic N) is 4. The van der Waals surface area contributed by atoms with Gasteiger partial charge in [0.15, 0.2) is 0 Å². The van der Waals surface area contributed by atoms with Gasteiger partial charge < -0.3 is 25.3 Å². The molecule has 0 saturated carbocycles. The lowest BCUT2D eigenvalue weighted by molar-refractivity contribution is -0.192. The van der Waals surface area contributed by atoms with Gasteiger partial charge in [-0.25, -0.2) is 14.6 Å². The molecule has 3 heterocycles. The molecule has 1 aromatic heterocycles. The highest BCUT2D eigenvalue weighted by atomic mass is 19.4. The molecule has 0 aromatic carbocycles. The number of amides is 1. The van der Waals surface area contributed by atoms with Crippen molar-refractivity contribution in [2.45, 2.75) is 56.4 Å². The molecule has 1 amide bonds. The smallest absolute Gasteiger partial charge is 0.478 e. The summed E-state index contributed by atoms with van der Waals surface area (Å²) < 4.78 is 31.7. The van der Waals surface area contributed by atoms with Crippen LogP contribution < -0.4 is 10.2 Å². The Labute approximate surface area is 205 Å². The topological polar surface area (TPSA) is 147 Å². The van der Waals surface area contributed by atoms with Gasteiger partial charge in [-0.05, 0) is 44.7 Å². The number of carbonyl (C=O) groups excluding carboxylic acids is 1. The molecule has 3 rings (SSSR count). The largest absolute Gasteiger partial charge is 0.490 e. The summed E-state index contributed by atoms with van der Waals surface area (Å²) >= 11 is 0. The second-order valence-corrected chi connectivity index (χ2v) is 8.62. The Balaban J connectivity index is 0.000000572. The molecular formula is C23H26F3N5O5. The lowest BCUT2D eigenvalue weighted by Crippen LogP contribution is -2.55. The summed E-state index contributed by atoms with van der Waals surface area (Å²) in [6.45, 7) is 3.61. The van der Waals surface area contributed by atoms with E-state index < -0.39 is 24.2 Å². The highest BCUT2D eigenvalue weighted by Crippen LogP contribution is 2.27. The fourth-order valence-electron chi connectivity index (χ4n) is 3.96. The number of carboxylic acid groups (broad SMARTS) is 2. The van der Waals surface area contributed by atoms with Gasteiger partial charge in [0, 0.05) is 24.8 Å². The van der Waals surface area contributed by atoms with Crippen LogP contribution in [0.5, 0.6) is 0 Å². The summed E-state index contributed by atoms with van der Waals surface area (Å²) in [4.78, 5) is 40.6. The van der Waals surface area contributed by atoms with E-state index in [-0.39, 0.29) is 29.6 Å². The highest BCUT2D eigenvalue weighted by molar-refractivity contribution is 5.88. The molecule has 1 aromatic rings. The summed E-state index contributed by atoms with van der Waals surface area (Å²) in [5.41, 5.74) is -0.0165. The van der Waals surface area contributed by atoms with Crippen LogP contribution in [0.3, 0.4) is 0 Å². The summed E-state index contributed by atoms with van der Waals surface area (Å²) in [6.07, 6.45) is 4.78. The van der Waals surface area contributed by atoms with Crippen LogP contribution in [0.4, 0.5) is 19.0 Å². The van der Waals surface area contributed by atoms with Gasteiger partial charge in [-0.3, -0.25) is 4.79 Å². The predicted molar refractivity (Wildman–Crippen MR) is 121 cm³/mol. The van der Waals surface area contributed by atoms with Crippen molar-refractivity contribution in [1.82, 2.24) is 15.2 Å². The Bertz CT molecular complexity index is 1040. The lowest BCUT2D eigenvalue weighted by atomic mass is 9.89. The number of halogens is 3. The van der Waals surface area contributed by atoms with Crippen molar-refractivity contribution in [3.05, 3.63) is 23.9 Å². The number of terminal acetylenes is 1. The minimum atomic E-state index is -5.08. The minimum Gasteiger partial charge on any atom is -0.478 e. The molecule has 2 aliphatic heterocycles. The van der Waals surface area contributed by atoms with E-state index in [1.54, 1.807) is 6.07 Å². The molecule has 194 valence electrons. The number of carbonyl (C=O) groups is 3. The maximum absolute atomic E-state index is 12.7. The third-order valence-electron chi connectivity index (χ3n) is 6.11.